The summed E-state index contributed by atoms with van der Waals surface area (Å²) in [5.74, 6) is 1.31. The lowest BCUT2D eigenvalue weighted by atomic mass is 9.91. The molecule has 0 unspecified atom stereocenters. The van der Waals surface area contributed by atoms with E-state index in [0.29, 0.717) is 12.0 Å². The Balaban J connectivity index is 1.78. The van der Waals surface area contributed by atoms with Gasteiger partial charge in [0, 0.05) is 32.2 Å². The van der Waals surface area contributed by atoms with Gasteiger partial charge in [-0.15, -0.1) is 0 Å². The fourth-order valence-corrected chi connectivity index (χ4v) is 3.79. The first-order valence-corrected chi connectivity index (χ1v) is 9.34. The Labute approximate surface area is 150 Å². The first kappa shape index (κ1) is 17.8. The summed E-state index contributed by atoms with van der Waals surface area (Å²) in [7, 11) is 0. The summed E-state index contributed by atoms with van der Waals surface area (Å²) < 4.78 is 10.9. The van der Waals surface area contributed by atoms with E-state index < -0.39 is 0 Å². The van der Waals surface area contributed by atoms with Crippen molar-refractivity contribution < 1.29 is 9.15 Å². The minimum atomic E-state index is 0.391. The highest BCUT2D eigenvalue weighted by Gasteiger charge is 2.23. The van der Waals surface area contributed by atoms with Crippen molar-refractivity contribution in [2.75, 3.05) is 30.4 Å². The highest BCUT2D eigenvalue weighted by Crippen LogP contribution is 2.33. The summed E-state index contributed by atoms with van der Waals surface area (Å²) in [5.41, 5.74) is 9.74. The van der Waals surface area contributed by atoms with E-state index in [2.05, 4.69) is 41.9 Å². The monoisotopic (exact) mass is 343 g/mol. The number of rotatable bonds is 7. The van der Waals surface area contributed by atoms with Crippen LogP contribution in [0.15, 0.2) is 35.2 Å². The molecule has 0 saturated carbocycles. The van der Waals surface area contributed by atoms with Crippen LogP contribution in [0.1, 0.15) is 50.4 Å². The topological polar surface area (TPSA) is 64.5 Å². The molecule has 2 heterocycles. The van der Waals surface area contributed by atoms with Crippen molar-refractivity contribution in [1.29, 1.82) is 0 Å². The number of hydrogen-bond acceptors (Lipinski definition) is 5. The van der Waals surface area contributed by atoms with Gasteiger partial charge in [-0.05, 0) is 49.8 Å². The number of oxazole rings is 1. The van der Waals surface area contributed by atoms with Crippen molar-refractivity contribution in [2.45, 2.75) is 51.5 Å². The number of nitrogens with two attached hydrogens (primary N) is 1. The van der Waals surface area contributed by atoms with Crippen LogP contribution >= 0.6 is 0 Å². The van der Waals surface area contributed by atoms with Crippen LogP contribution in [0.4, 0.5) is 11.4 Å². The zero-order valence-electron chi connectivity index (χ0n) is 15.3. The predicted octanol–water partition coefficient (Wildman–Crippen LogP) is 4.00. The normalized spacial score (nSPS) is 16.7. The molecule has 0 bridgehead atoms. The number of nitrogens with zero attached hydrogens (tertiary/aromatic N) is 2. The molecule has 1 aromatic heterocycles. The molecule has 0 radical (unpaired) electrons. The molecular weight excluding hydrogens is 314 g/mol. The molecule has 2 N–H and O–H groups in total. The first-order chi connectivity index (χ1) is 12.2. The third-order valence-corrected chi connectivity index (χ3v) is 5.23. The van der Waals surface area contributed by atoms with Crippen molar-refractivity contribution >= 4 is 11.4 Å². The van der Waals surface area contributed by atoms with Gasteiger partial charge in [-0.2, -0.15) is 0 Å². The highest BCUT2D eigenvalue weighted by atomic mass is 16.5. The molecular formula is C20H29N3O2. The molecule has 136 valence electrons. The van der Waals surface area contributed by atoms with Gasteiger partial charge in [-0.3, -0.25) is 0 Å². The molecule has 3 rings (SSSR count). The fourth-order valence-electron chi connectivity index (χ4n) is 3.79. The summed E-state index contributed by atoms with van der Waals surface area (Å²) in [5, 5.41) is 0. The van der Waals surface area contributed by atoms with E-state index in [1.807, 2.05) is 0 Å². The van der Waals surface area contributed by atoms with E-state index in [0.717, 1.165) is 62.6 Å². The SMILES string of the molecule is CC[C@H](Cc1cnco1)c1ccc(N(CC)C2CCOCC2)c(N)c1. The van der Waals surface area contributed by atoms with Gasteiger partial charge in [0.1, 0.15) is 5.76 Å². The van der Waals surface area contributed by atoms with Gasteiger partial charge in [0.05, 0.1) is 17.6 Å². The number of aromatic nitrogens is 1. The average Bonchev–Trinajstić information content (AvgIpc) is 3.16. The molecule has 1 aromatic carbocycles. The minimum absolute atomic E-state index is 0.391. The Kier molecular flexibility index (Phi) is 5.97. The van der Waals surface area contributed by atoms with Crippen molar-refractivity contribution in [3.63, 3.8) is 0 Å². The summed E-state index contributed by atoms with van der Waals surface area (Å²) >= 11 is 0. The van der Waals surface area contributed by atoms with Crippen LogP contribution in [-0.2, 0) is 11.2 Å². The first-order valence-electron chi connectivity index (χ1n) is 9.34. The van der Waals surface area contributed by atoms with E-state index in [9.17, 15) is 0 Å². The number of ether oxygens (including phenoxy) is 1. The zero-order chi connectivity index (χ0) is 17.6. The molecule has 1 aliphatic heterocycles. The zero-order valence-corrected chi connectivity index (χ0v) is 15.3. The number of hydrogen-bond donors (Lipinski definition) is 1. The lowest BCUT2D eigenvalue weighted by Gasteiger charge is -2.36. The van der Waals surface area contributed by atoms with Crippen LogP contribution in [0.2, 0.25) is 0 Å². The van der Waals surface area contributed by atoms with Gasteiger partial charge in [0.15, 0.2) is 6.39 Å². The van der Waals surface area contributed by atoms with Crippen LogP contribution in [0, 0.1) is 0 Å². The second kappa shape index (κ2) is 8.39. The standard InChI is InChI=1S/C20H29N3O2/c1-3-15(11-18-13-22-14-25-18)16-5-6-20(19(21)12-16)23(4-2)17-7-9-24-10-8-17/h5-6,12-15,17H,3-4,7-11,21H2,1-2H3/t15-/m1/s1. The van der Waals surface area contributed by atoms with Crippen molar-refractivity contribution in [3.05, 3.63) is 42.1 Å². The maximum Gasteiger partial charge on any atom is 0.180 e. The summed E-state index contributed by atoms with van der Waals surface area (Å²) in [6, 6.07) is 7.07. The maximum absolute atomic E-state index is 6.46. The van der Waals surface area contributed by atoms with Crippen LogP contribution in [0.25, 0.3) is 0 Å². The predicted molar refractivity (Wildman–Crippen MR) is 101 cm³/mol. The molecule has 0 spiro atoms. The van der Waals surface area contributed by atoms with Gasteiger partial charge in [0.25, 0.3) is 0 Å². The Morgan fingerprint density at radius 3 is 2.68 bits per heavy atom. The van der Waals surface area contributed by atoms with Gasteiger partial charge >= 0.3 is 0 Å². The molecule has 1 aliphatic rings. The van der Waals surface area contributed by atoms with E-state index in [-0.39, 0.29) is 0 Å². The molecule has 1 fully saturated rings. The molecule has 25 heavy (non-hydrogen) atoms. The van der Waals surface area contributed by atoms with Crippen LogP contribution in [-0.4, -0.2) is 30.8 Å². The van der Waals surface area contributed by atoms with E-state index in [1.165, 1.54) is 12.0 Å². The third-order valence-electron chi connectivity index (χ3n) is 5.23. The second-order valence-corrected chi connectivity index (χ2v) is 6.72. The average molecular weight is 343 g/mol. The van der Waals surface area contributed by atoms with Crippen LogP contribution in [0.3, 0.4) is 0 Å². The summed E-state index contributed by atoms with van der Waals surface area (Å²) in [6.45, 7) is 7.04. The molecule has 0 aliphatic carbocycles. The maximum atomic E-state index is 6.46. The van der Waals surface area contributed by atoms with Crippen molar-refractivity contribution in [1.82, 2.24) is 4.98 Å². The third kappa shape index (κ3) is 4.15. The minimum Gasteiger partial charge on any atom is -0.449 e. The van der Waals surface area contributed by atoms with E-state index in [4.69, 9.17) is 14.9 Å². The van der Waals surface area contributed by atoms with Gasteiger partial charge in [0.2, 0.25) is 0 Å². The number of benzene rings is 1. The summed E-state index contributed by atoms with van der Waals surface area (Å²) in [4.78, 5) is 6.44. The van der Waals surface area contributed by atoms with Crippen molar-refractivity contribution in [3.8, 4) is 0 Å². The van der Waals surface area contributed by atoms with Gasteiger partial charge < -0.3 is 19.8 Å². The largest absolute Gasteiger partial charge is 0.449 e. The highest BCUT2D eigenvalue weighted by molar-refractivity contribution is 5.69. The van der Waals surface area contributed by atoms with Gasteiger partial charge in [-0.1, -0.05) is 13.0 Å². The number of anilines is 2. The molecule has 2 aromatic rings. The summed E-state index contributed by atoms with van der Waals surface area (Å²) in [6.07, 6.45) is 7.32. The molecule has 5 heteroatoms. The second-order valence-electron chi connectivity index (χ2n) is 6.72. The Morgan fingerprint density at radius 2 is 2.08 bits per heavy atom. The fraction of sp³-hybridized carbons (Fsp3) is 0.550. The van der Waals surface area contributed by atoms with Crippen LogP contribution < -0.4 is 10.6 Å². The molecule has 1 saturated heterocycles. The Morgan fingerprint density at radius 1 is 1.28 bits per heavy atom. The van der Waals surface area contributed by atoms with Crippen molar-refractivity contribution in [2.24, 2.45) is 0 Å². The smallest absolute Gasteiger partial charge is 0.180 e. The number of nitrogen functional groups attached to an aromatic ring is 1. The van der Waals surface area contributed by atoms with E-state index in [1.54, 1.807) is 6.20 Å². The van der Waals surface area contributed by atoms with Crippen LogP contribution in [0.5, 0.6) is 0 Å². The lowest BCUT2D eigenvalue weighted by molar-refractivity contribution is 0.0846. The Bertz CT molecular complexity index is 651. The molecule has 1 atom stereocenters. The Hall–Kier alpha value is -2.01. The lowest BCUT2D eigenvalue weighted by Crippen LogP contribution is -2.39. The van der Waals surface area contributed by atoms with Gasteiger partial charge in [-0.25, -0.2) is 4.98 Å². The van der Waals surface area contributed by atoms with E-state index >= 15 is 0 Å². The molecule has 0 amide bonds. The molecule has 5 nitrogen and oxygen atoms in total. The quantitative estimate of drug-likeness (QED) is 0.770.